The van der Waals surface area contributed by atoms with Gasteiger partial charge in [-0.1, -0.05) is 6.42 Å². The van der Waals surface area contributed by atoms with Crippen LogP contribution in [0.4, 0.5) is 4.39 Å². The summed E-state index contributed by atoms with van der Waals surface area (Å²) in [6.07, 6.45) is 8.24. The number of nitrogens with zero attached hydrogens (tertiary/aromatic N) is 2. The Morgan fingerprint density at radius 1 is 1.15 bits per heavy atom. The fourth-order valence-electron chi connectivity index (χ4n) is 4.38. The standard InChI is InChI=1S/C19H21FN4O2/c20-15-3-5-16(6-4-15)24-11-21-10-17(24)19(26)23-22-18(25)9-14-8-12-1-2-13(14)7-12/h3-6,10-14H,1-2,7-9H2,(H,22,25)(H,23,26)/t12-,13-,14+/m1/s1. The number of hydrogen-bond acceptors (Lipinski definition) is 3. The van der Waals surface area contributed by atoms with E-state index in [-0.39, 0.29) is 17.4 Å². The number of imidazole rings is 1. The second-order valence-electron chi connectivity index (χ2n) is 7.27. The summed E-state index contributed by atoms with van der Waals surface area (Å²) in [6.45, 7) is 0. The second kappa shape index (κ2) is 6.90. The summed E-state index contributed by atoms with van der Waals surface area (Å²) in [7, 11) is 0. The summed E-state index contributed by atoms with van der Waals surface area (Å²) in [4.78, 5) is 28.5. The van der Waals surface area contributed by atoms with Gasteiger partial charge in [-0.3, -0.25) is 25.0 Å². The molecule has 2 bridgehead atoms. The Morgan fingerprint density at radius 2 is 1.96 bits per heavy atom. The van der Waals surface area contributed by atoms with Crippen LogP contribution in [0.1, 0.15) is 42.6 Å². The highest BCUT2D eigenvalue weighted by atomic mass is 19.1. The first-order valence-electron chi connectivity index (χ1n) is 8.97. The molecule has 4 rings (SSSR count). The molecule has 1 aromatic carbocycles. The molecule has 2 aliphatic carbocycles. The Hall–Kier alpha value is -2.70. The van der Waals surface area contributed by atoms with E-state index >= 15 is 0 Å². The minimum atomic E-state index is -0.465. The van der Waals surface area contributed by atoms with E-state index in [1.165, 1.54) is 48.5 Å². The van der Waals surface area contributed by atoms with Crippen LogP contribution < -0.4 is 10.9 Å². The number of carbonyl (C=O) groups excluding carboxylic acids is 2. The van der Waals surface area contributed by atoms with E-state index in [1.807, 2.05) is 0 Å². The van der Waals surface area contributed by atoms with Gasteiger partial charge in [-0.2, -0.15) is 0 Å². The Kier molecular flexibility index (Phi) is 4.44. The molecule has 2 saturated carbocycles. The van der Waals surface area contributed by atoms with Gasteiger partial charge in [-0.05, 0) is 61.3 Å². The predicted molar refractivity (Wildman–Crippen MR) is 92.7 cm³/mol. The summed E-state index contributed by atoms with van der Waals surface area (Å²) in [5.74, 6) is 0.916. The van der Waals surface area contributed by atoms with Crippen molar-refractivity contribution in [3.8, 4) is 5.69 Å². The van der Waals surface area contributed by atoms with Gasteiger partial charge in [0, 0.05) is 12.1 Å². The third-order valence-corrected chi connectivity index (χ3v) is 5.62. The van der Waals surface area contributed by atoms with Gasteiger partial charge in [0.15, 0.2) is 0 Å². The molecular formula is C19H21FN4O2. The molecule has 0 saturated heterocycles. The first-order valence-corrected chi connectivity index (χ1v) is 8.97. The van der Waals surface area contributed by atoms with E-state index in [0.29, 0.717) is 23.9 Å². The van der Waals surface area contributed by atoms with Crippen molar-refractivity contribution in [3.05, 3.63) is 48.3 Å². The number of halogens is 1. The normalized spacial score (nSPS) is 23.8. The van der Waals surface area contributed by atoms with Gasteiger partial charge in [-0.25, -0.2) is 9.37 Å². The lowest BCUT2D eigenvalue weighted by Gasteiger charge is -2.20. The fraction of sp³-hybridized carbons (Fsp3) is 0.421. The van der Waals surface area contributed by atoms with Gasteiger partial charge >= 0.3 is 0 Å². The Morgan fingerprint density at radius 3 is 2.65 bits per heavy atom. The molecule has 0 aliphatic heterocycles. The van der Waals surface area contributed by atoms with Gasteiger partial charge in [0.05, 0.1) is 12.5 Å². The first kappa shape index (κ1) is 16.8. The third-order valence-electron chi connectivity index (χ3n) is 5.62. The number of rotatable bonds is 4. The van der Waals surface area contributed by atoms with Gasteiger partial charge in [0.1, 0.15) is 11.5 Å². The highest BCUT2D eigenvalue weighted by Gasteiger charge is 2.40. The third kappa shape index (κ3) is 3.34. The highest BCUT2D eigenvalue weighted by Crippen LogP contribution is 2.49. The molecule has 6 nitrogen and oxygen atoms in total. The number of nitrogens with one attached hydrogen (secondary N) is 2. The summed E-state index contributed by atoms with van der Waals surface area (Å²) in [5.41, 5.74) is 5.83. The van der Waals surface area contributed by atoms with E-state index in [4.69, 9.17) is 0 Å². The molecule has 3 atom stereocenters. The van der Waals surface area contributed by atoms with Crippen molar-refractivity contribution < 1.29 is 14.0 Å². The van der Waals surface area contributed by atoms with E-state index in [1.54, 1.807) is 12.1 Å². The molecule has 1 aromatic heterocycles. The van der Waals surface area contributed by atoms with Crippen LogP contribution in [-0.4, -0.2) is 21.4 Å². The smallest absolute Gasteiger partial charge is 0.288 e. The lowest BCUT2D eigenvalue weighted by Crippen LogP contribution is -2.43. The van der Waals surface area contributed by atoms with Crippen molar-refractivity contribution in [2.24, 2.45) is 17.8 Å². The van der Waals surface area contributed by atoms with Gasteiger partial charge in [0.2, 0.25) is 5.91 Å². The zero-order valence-electron chi connectivity index (χ0n) is 14.3. The molecule has 2 amide bonds. The number of hydrazine groups is 1. The summed E-state index contributed by atoms with van der Waals surface area (Å²) in [6, 6.07) is 5.74. The van der Waals surface area contributed by atoms with Crippen LogP contribution >= 0.6 is 0 Å². The number of fused-ring (bicyclic) bond motifs is 2. The second-order valence-corrected chi connectivity index (χ2v) is 7.27. The summed E-state index contributed by atoms with van der Waals surface area (Å²) in [5, 5.41) is 0. The monoisotopic (exact) mass is 356 g/mol. The van der Waals surface area contributed by atoms with Crippen molar-refractivity contribution >= 4 is 11.8 Å². The molecule has 2 fully saturated rings. The van der Waals surface area contributed by atoms with Crippen molar-refractivity contribution in [3.63, 3.8) is 0 Å². The predicted octanol–water partition coefficient (Wildman–Crippen LogP) is 2.60. The number of amides is 2. The van der Waals surface area contributed by atoms with Crippen LogP contribution in [-0.2, 0) is 4.79 Å². The van der Waals surface area contributed by atoms with Crippen LogP contribution in [0.5, 0.6) is 0 Å². The van der Waals surface area contributed by atoms with Gasteiger partial charge < -0.3 is 0 Å². The Bertz CT molecular complexity index is 817. The minimum absolute atomic E-state index is 0.163. The van der Waals surface area contributed by atoms with Crippen LogP contribution in [0.2, 0.25) is 0 Å². The number of carbonyl (C=O) groups is 2. The Labute approximate surface area is 150 Å². The molecule has 1 heterocycles. The largest absolute Gasteiger partial charge is 0.295 e. The molecule has 0 radical (unpaired) electrons. The molecule has 136 valence electrons. The molecule has 2 aliphatic rings. The molecular weight excluding hydrogens is 335 g/mol. The Balaban J connectivity index is 1.34. The maximum Gasteiger partial charge on any atom is 0.288 e. The number of hydrogen-bond donors (Lipinski definition) is 2. The lowest BCUT2D eigenvalue weighted by molar-refractivity contribution is -0.123. The zero-order valence-corrected chi connectivity index (χ0v) is 14.3. The maximum absolute atomic E-state index is 13.1. The number of benzene rings is 1. The average Bonchev–Trinajstić information content (AvgIpc) is 3.37. The molecule has 26 heavy (non-hydrogen) atoms. The summed E-state index contributed by atoms with van der Waals surface area (Å²) >= 11 is 0. The lowest BCUT2D eigenvalue weighted by atomic mass is 9.86. The van der Waals surface area contributed by atoms with Crippen molar-refractivity contribution in [1.82, 2.24) is 20.4 Å². The van der Waals surface area contributed by atoms with Crippen LogP contribution in [0.3, 0.4) is 0 Å². The van der Waals surface area contributed by atoms with Crippen molar-refractivity contribution in [2.45, 2.75) is 32.1 Å². The van der Waals surface area contributed by atoms with Crippen molar-refractivity contribution in [1.29, 1.82) is 0 Å². The summed E-state index contributed by atoms with van der Waals surface area (Å²) < 4.78 is 14.6. The quantitative estimate of drug-likeness (QED) is 0.827. The average molecular weight is 356 g/mol. The van der Waals surface area contributed by atoms with Crippen LogP contribution in [0, 0.1) is 23.6 Å². The van der Waals surface area contributed by atoms with Crippen LogP contribution in [0.25, 0.3) is 5.69 Å². The van der Waals surface area contributed by atoms with E-state index in [9.17, 15) is 14.0 Å². The molecule has 7 heteroatoms. The maximum atomic E-state index is 13.1. The van der Waals surface area contributed by atoms with Gasteiger partial charge in [0.25, 0.3) is 5.91 Å². The fourth-order valence-corrected chi connectivity index (χ4v) is 4.38. The first-order chi connectivity index (χ1) is 12.6. The van der Waals surface area contributed by atoms with E-state index in [2.05, 4.69) is 15.8 Å². The van der Waals surface area contributed by atoms with Crippen molar-refractivity contribution in [2.75, 3.05) is 0 Å². The highest BCUT2D eigenvalue weighted by molar-refractivity contribution is 5.94. The van der Waals surface area contributed by atoms with E-state index in [0.717, 1.165) is 12.3 Å². The molecule has 0 unspecified atom stereocenters. The minimum Gasteiger partial charge on any atom is -0.295 e. The topological polar surface area (TPSA) is 76.0 Å². The zero-order chi connectivity index (χ0) is 18.1. The van der Waals surface area contributed by atoms with E-state index < -0.39 is 5.91 Å². The molecule has 2 N–H and O–H groups in total. The molecule has 2 aromatic rings. The number of aromatic nitrogens is 2. The molecule has 0 spiro atoms. The SMILES string of the molecule is O=C(C[C@@H]1C[C@@H]2CC[C@@H]1C2)NNC(=O)c1cncn1-c1ccc(F)cc1. The van der Waals surface area contributed by atoms with Gasteiger partial charge in [-0.15, -0.1) is 0 Å². The van der Waals surface area contributed by atoms with Crippen LogP contribution in [0.15, 0.2) is 36.8 Å².